The average molecular weight is 232 g/mol. The second-order valence-corrected chi connectivity index (χ2v) is 3.92. The summed E-state index contributed by atoms with van der Waals surface area (Å²) in [5.74, 6) is 1.69. The number of nitrogens with zero attached hydrogens (tertiary/aromatic N) is 1. The van der Waals surface area contributed by atoms with Crippen LogP contribution in [0.5, 0.6) is 5.75 Å². The smallest absolute Gasteiger partial charge is 0.137 e. The Bertz CT molecular complexity index is 506. The highest BCUT2D eigenvalue weighted by Crippen LogP contribution is 2.24. The lowest BCUT2D eigenvalue weighted by molar-refractivity contribution is 0.298. The first-order chi connectivity index (χ1) is 8.24. The molecule has 4 nitrogen and oxygen atoms in total. The summed E-state index contributed by atoms with van der Waals surface area (Å²) in [6, 6.07) is 5.92. The number of aliphatic hydroxyl groups excluding tert-OH is 1. The maximum Gasteiger partial charge on any atom is 0.137 e. The van der Waals surface area contributed by atoms with Crippen molar-refractivity contribution in [2.24, 2.45) is 0 Å². The molecular weight excluding hydrogens is 216 g/mol. The van der Waals surface area contributed by atoms with Gasteiger partial charge in [0.05, 0.1) is 7.11 Å². The van der Waals surface area contributed by atoms with Gasteiger partial charge in [-0.05, 0) is 30.7 Å². The van der Waals surface area contributed by atoms with Gasteiger partial charge in [0, 0.05) is 30.5 Å². The predicted molar refractivity (Wildman–Crippen MR) is 66.1 cm³/mol. The third kappa shape index (κ3) is 2.47. The van der Waals surface area contributed by atoms with Crippen molar-refractivity contribution >= 4 is 0 Å². The number of methoxy groups -OCH3 is 1. The van der Waals surface area contributed by atoms with Crippen molar-refractivity contribution in [1.82, 2.24) is 9.97 Å². The van der Waals surface area contributed by atoms with Gasteiger partial charge in [-0.25, -0.2) is 4.98 Å². The molecule has 4 heteroatoms. The molecule has 0 unspecified atom stereocenters. The highest BCUT2D eigenvalue weighted by molar-refractivity contribution is 5.58. The lowest BCUT2D eigenvalue weighted by Crippen LogP contribution is -1.91. The molecule has 0 atom stereocenters. The van der Waals surface area contributed by atoms with E-state index >= 15 is 0 Å². The highest BCUT2D eigenvalue weighted by atomic mass is 16.5. The molecule has 0 amide bonds. The number of aryl methyl sites for hydroxylation is 1. The summed E-state index contributed by atoms with van der Waals surface area (Å²) in [5.41, 5.74) is 3.04. The van der Waals surface area contributed by atoms with Crippen LogP contribution in [0.3, 0.4) is 0 Å². The van der Waals surface area contributed by atoms with Crippen LogP contribution in [0.25, 0.3) is 11.4 Å². The van der Waals surface area contributed by atoms with Gasteiger partial charge in [0.25, 0.3) is 0 Å². The fourth-order valence-electron chi connectivity index (χ4n) is 1.78. The summed E-state index contributed by atoms with van der Waals surface area (Å²) < 4.78 is 5.22. The number of hydrogen-bond acceptors (Lipinski definition) is 3. The first kappa shape index (κ1) is 11.7. The molecule has 2 aromatic rings. The Labute approximate surface area is 100 Å². The molecular formula is C13H16N2O2. The van der Waals surface area contributed by atoms with Gasteiger partial charge in [-0.15, -0.1) is 0 Å². The van der Waals surface area contributed by atoms with Crippen LogP contribution in [-0.2, 0) is 6.42 Å². The summed E-state index contributed by atoms with van der Waals surface area (Å²) >= 11 is 0. The zero-order valence-corrected chi connectivity index (χ0v) is 10.0. The molecule has 0 bridgehead atoms. The molecule has 0 aliphatic rings. The van der Waals surface area contributed by atoms with Crippen molar-refractivity contribution < 1.29 is 9.84 Å². The van der Waals surface area contributed by atoms with Gasteiger partial charge in [-0.1, -0.05) is 0 Å². The summed E-state index contributed by atoms with van der Waals surface area (Å²) in [6.07, 6.45) is 2.35. The van der Waals surface area contributed by atoms with Crippen molar-refractivity contribution in [3.05, 3.63) is 35.7 Å². The van der Waals surface area contributed by atoms with Crippen LogP contribution >= 0.6 is 0 Å². The average Bonchev–Trinajstić information content (AvgIpc) is 2.78. The molecule has 0 spiro atoms. The number of rotatable bonds is 4. The fourth-order valence-corrected chi connectivity index (χ4v) is 1.78. The second kappa shape index (κ2) is 5.01. The summed E-state index contributed by atoms with van der Waals surface area (Å²) in [4.78, 5) is 7.48. The van der Waals surface area contributed by atoms with E-state index in [1.54, 1.807) is 13.3 Å². The Balaban J connectivity index is 2.29. The molecule has 0 saturated heterocycles. The third-order valence-corrected chi connectivity index (χ3v) is 2.68. The van der Waals surface area contributed by atoms with E-state index in [4.69, 9.17) is 9.84 Å². The Hall–Kier alpha value is -1.81. The Morgan fingerprint density at radius 1 is 1.41 bits per heavy atom. The molecule has 1 aromatic heterocycles. The van der Waals surface area contributed by atoms with Crippen molar-refractivity contribution in [2.75, 3.05) is 13.7 Å². The van der Waals surface area contributed by atoms with Crippen LogP contribution in [0.2, 0.25) is 0 Å². The van der Waals surface area contributed by atoms with Gasteiger partial charge in [0.1, 0.15) is 11.6 Å². The number of aliphatic hydroxyl groups is 1. The lowest BCUT2D eigenvalue weighted by Gasteiger charge is -2.05. The van der Waals surface area contributed by atoms with E-state index < -0.39 is 0 Å². The highest BCUT2D eigenvalue weighted by Gasteiger charge is 2.05. The second-order valence-electron chi connectivity index (χ2n) is 3.92. The van der Waals surface area contributed by atoms with Crippen LogP contribution in [0.4, 0.5) is 0 Å². The number of hydrogen-bond donors (Lipinski definition) is 2. The van der Waals surface area contributed by atoms with Crippen molar-refractivity contribution in [3.63, 3.8) is 0 Å². The predicted octanol–water partition coefficient (Wildman–Crippen LogP) is 1.93. The minimum absolute atomic E-state index is 0.128. The SMILES string of the molecule is COc1ccc(-c2ncc(CCO)[nH]2)cc1C. The zero-order chi connectivity index (χ0) is 12.3. The van der Waals surface area contributed by atoms with Crippen molar-refractivity contribution in [2.45, 2.75) is 13.3 Å². The normalized spacial score (nSPS) is 10.5. The van der Waals surface area contributed by atoms with Crippen LogP contribution in [0, 0.1) is 6.92 Å². The summed E-state index contributed by atoms with van der Waals surface area (Å²) in [7, 11) is 1.66. The monoisotopic (exact) mass is 232 g/mol. The number of aromatic nitrogens is 2. The summed E-state index contributed by atoms with van der Waals surface area (Å²) in [5, 5.41) is 8.85. The molecule has 1 aromatic carbocycles. The molecule has 0 aliphatic carbocycles. The fraction of sp³-hybridized carbons (Fsp3) is 0.308. The van der Waals surface area contributed by atoms with Crippen LogP contribution in [0.15, 0.2) is 24.4 Å². The quantitative estimate of drug-likeness (QED) is 0.846. The third-order valence-electron chi connectivity index (χ3n) is 2.68. The molecule has 0 aliphatic heterocycles. The maximum absolute atomic E-state index is 8.85. The first-order valence-electron chi connectivity index (χ1n) is 5.54. The zero-order valence-electron chi connectivity index (χ0n) is 10.0. The van der Waals surface area contributed by atoms with Crippen molar-refractivity contribution in [1.29, 1.82) is 0 Å². The van der Waals surface area contributed by atoms with Gasteiger partial charge >= 0.3 is 0 Å². The molecule has 0 saturated carbocycles. The van der Waals surface area contributed by atoms with E-state index in [1.165, 1.54) is 0 Å². The molecule has 90 valence electrons. The van der Waals surface area contributed by atoms with Gasteiger partial charge in [-0.3, -0.25) is 0 Å². The number of aromatic amines is 1. The van der Waals surface area contributed by atoms with E-state index in [0.29, 0.717) is 6.42 Å². The van der Waals surface area contributed by atoms with E-state index in [-0.39, 0.29) is 6.61 Å². The lowest BCUT2D eigenvalue weighted by atomic mass is 10.1. The number of imidazole rings is 1. The van der Waals surface area contributed by atoms with Gasteiger partial charge in [0.2, 0.25) is 0 Å². The topological polar surface area (TPSA) is 58.1 Å². The molecule has 2 N–H and O–H groups in total. The molecule has 0 radical (unpaired) electrons. The largest absolute Gasteiger partial charge is 0.496 e. The van der Waals surface area contributed by atoms with E-state index in [2.05, 4.69) is 9.97 Å². The Morgan fingerprint density at radius 2 is 2.24 bits per heavy atom. The number of H-pyrrole nitrogens is 1. The van der Waals surface area contributed by atoms with E-state index in [1.807, 2.05) is 25.1 Å². The molecule has 0 fully saturated rings. The van der Waals surface area contributed by atoms with Crippen LogP contribution < -0.4 is 4.74 Å². The standard InChI is InChI=1S/C13H16N2O2/c1-9-7-10(3-4-12(9)17-2)13-14-8-11(15-13)5-6-16/h3-4,7-8,16H,5-6H2,1-2H3,(H,14,15). The maximum atomic E-state index is 8.85. The van der Waals surface area contributed by atoms with Crippen LogP contribution in [0.1, 0.15) is 11.3 Å². The van der Waals surface area contributed by atoms with Gasteiger partial charge in [0.15, 0.2) is 0 Å². The number of benzene rings is 1. The molecule has 1 heterocycles. The van der Waals surface area contributed by atoms with Crippen molar-refractivity contribution in [3.8, 4) is 17.1 Å². The van der Waals surface area contributed by atoms with Gasteiger partial charge < -0.3 is 14.8 Å². The molecule has 2 rings (SSSR count). The van der Waals surface area contributed by atoms with E-state index in [0.717, 1.165) is 28.4 Å². The minimum Gasteiger partial charge on any atom is -0.496 e. The number of ether oxygens (including phenoxy) is 1. The first-order valence-corrected chi connectivity index (χ1v) is 5.54. The summed E-state index contributed by atoms with van der Waals surface area (Å²) in [6.45, 7) is 2.13. The Kier molecular flexibility index (Phi) is 3.44. The van der Waals surface area contributed by atoms with E-state index in [9.17, 15) is 0 Å². The number of nitrogens with one attached hydrogen (secondary N) is 1. The Morgan fingerprint density at radius 3 is 2.88 bits per heavy atom. The molecule has 17 heavy (non-hydrogen) atoms. The van der Waals surface area contributed by atoms with Gasteiger partial charge in [-0.2, -0.15) is 0 Å². The minimum atomic E-state index is 0.128. The van der Waals surface area contributed by atoms with Crippen LogP contribution in [-0.4, -0.2) is 28.8 Å².